The predicted molar refractivity (Wildman–Crippen MR) is 147 cm³/mol. The average molecular weight is 521 g/mol. The van der Waals surface area contributed by atoms with Crippen molar-refractivity contribution in [3.05, 3.63) is 70.8 Å². The summed E-state index contributed by atoms with van der Waals surface area (Å²) >= 11 is 1.28. The maximum atomic E-state index is 13.5. The summed E-state index contributed by atoms with van der Waals surface area (Å²) in [6.07, 6.45) is 1.63. The second kappa shape index (κ2) is 11.4. The number of benzene rings is 3. The molecule has 10 heteroatoms. The van der Waals surface area contributed by atoms with E-state index in [1.54, 1.807) is 4.90 Å². The van der Waals surface area contributed by atoms with Crippen LogP contribution in [0.15, 0.2) is 65.7 Å². The van der Waals surface area contributed by atoms with Crippen molar-refractivity contribution in [1.82, 2.24) is 4.90 Å². The van der Waals surface area contributed by atoms with Gasteiger partial charge in [-0.15, -0.1) is 0 Å². The van der Waals surface area contributed by atoms with Gasteiger partial charge in [0.25, 0.3) is 5.69 Å². The van der Waals surface area contributed by atoms with Gasteiger partial charge in [-0.25, -0.2) is 4.99 Å². The Morgan fingerprint density at radius 1 is 1.22 bits per heavy atom. The molecule has 0 radical (unpaired) electrons. The van der Waals surface area contributed by atoms with Crippen molar-refractivity contribution in [2.45, 2.75) is 44.4 Å². The van der Waals surface area contributed by atoms with Crippen LogP contribution in [0.1, 0.15) is 33.1 Å². The van der Waals surface area contributed by atoms with Crippen molar-refractivity contribution >= 4 is 56.6 Å². The summed E-state index contributed by atoms with van der Waals surface area (Å²) in [5.74, 6) is -0.382. The Morgan fingerprint density at radius 3 is 2.70 bits per heavy atom. The van der Waals surface area contributed by atoms with E-state index in [0.29, 0.717) is 10.9 Å². The lowest BCUT2D eigenvalue weighted by atomic mass is 10.1. The van der Waals surface area contributed by atoms with Crippen LogP contribution >= 0.6 is 11.8 Å². The Balaban J connectivity index is 1.58. The van der Waals surface area contributed by atoms with E-state index in [1.165, 1.54) is 37.1 Å². The number of nitrogens with one attached hydrogen (secondary N) is 1. The molecule has 4 rings (SSSR count). The van der Waals surface area contributed by atoms with E-state index in [0.717, 1.165) is 29.3 Å². The van der Waals surface area contributed by atoms with Crippen LogP contribution in [-0.2, 0) is 9.59 Å². The Hall–Kier alpha value is -3.92. The molecular weight excluding hydrogens is 492 g/mol. The van der Waals surface area contributed by atoms with Crippen LogP contribution in [0.5, 0.6) is 5.75 Å². The number of methoxy groups -OCH3 is 1. The third kappa shape index (κ3) is 5.75. The molecule has 1 aliphatic rings. The monoisotopic (exact) mass is 520 g/mol. The van der Waals surface area contributed by atoms with Crippen molar-refractivity contribution in [1.29, 1.82) is 0 Å². The second-order valence-corrected chi connectivity index (χ2v) is 9.91. The van der Waals surface area contributed by atoms with Crippen LogP contribution in [0, 0.1) is 10.1 Å². The number of nitro groups is 1. The Labute approximate surface area is 219 Å². The number of anilines is 1. The molecule has 0 unspecified atom stereocenters. The number of thioether (sulfide) groups is 1. The molecule has 192 valence electrons. The highest BCUT2D eigenvalue weighted by Gasteiger charge is 2.41. The summed E-state index contributed by atoms with van der Waals surface area (Å²) in [5, 5.41) is 15.7. The van der Waals surface area contributed by atoms with E-state index in [-0.39, 0.29) is 29.8 Å². The number of fused-ring (bicyclic) bond motifs is 1. The molecule has 0 aliphatic carbocycles. The highest BCUT2D eigenvalue weighted by Crippen LogP contribution is 2.36. The predicted octanol–water partition coefficient (Wildman–Crippen LogP) is 5.91. The van der Waals surface area contributed by atoms with Crippen molar-refractivity contribution in [3.8, 4) is 5.75 Å². The van der Waals surface area contributed by atoms with E-state index in [1.807, 2.05) is 49.4 Å². The number of hydrogen-bond donors (Lipinski definition) is 1. The molecule has 0 aromatic heterocycles. The van der Waals surface area contributed by atoms with Gasteiger partial charge in [-0.1, -0.05) is 61.5 Å². The molecular formula is C27H28N4O5S. The zero-order valence-electron chi connectivity index (χ0n) is 20.8. The van der Waals surface area contributed by atoms with E-state index < -0.39 is 16.1 Å². The van der Waals surface area contributed by atoms with Crippen molar-refractivity contribution < 1.29 is 19.2 Å². The first kappa shape index (κ1) is 26.2. The van der Waals surface area contributed by atoms with Gasteiger partial charge in [-0.3, -0.25) is 24.6 Å². The minimum atomic E-state index is -0.642. The second-order valence-electron chi connectivity index (χ2n) is 8.74. The summed E-state index contributed by atoms with van der Waals surface area (Å²) in [6, 6.07) is 17.7. The standard InChI is InChI=1S/C27H28N4O5S/c1-4-8-17(2)30-26(33)24(16-25(32)28-22-14-13-19(31(34)35)15-23(22)36-3)37-27(30)29-21-12-7-10-18-9-5-6-11-20(18)21/h5-7,9-15,17,24H,4,8,16H2,1-3H3,(H,28,32)/t17-,24-/m1/s1. The number of ether oxygens (including phenoxy) is 1. The molecule has 1 aliphatic heterocycles. The minimum absolute atomic E-state index is 0.0680. The number of nitro benzene ring substituents is 1. The molecule has 1 heterocycles. The molecule has 0 spiro atoms. The van der Waals surface area contributed by atoms with Crippen LogP contribution in [0.2, 0.25) is 0 Å². The van der Waals surface area contributed by atoms with Gasteiger partial charge in [0.1, 0.15) is 11.0 Å². The summed E-state index contributed by atoms with van der Waals surface area (Å²) in [6.45, 7) is 4.05. The molecule has 0 saturated carbocycles. The topological polar surface area (TPSA) is 114 Å². The van der Waals surface area contributed by atoms with Gasteiger partial charge in [-0.05, 0) is 30.9 Å². The molecule has 2 atom stereocenters. The molecule has 1 N–H and O–H groups in total. The summed E-state index contributed by atoms with van der Waals surface area (Å²) in [4.78, 5) is 43.5. The zero-order valence-corrected chi connectivity index (χ0v) is 21.7. The number of aliphatic imine (C=N–C) groups is 1. The minimum Gasteiger partial charge on any atom is -0.494 e. The maximum absolute atomic E-state index is 13.5. The third-order valence-corrected chi connectivity index (χ3v) is 7.29. The van der Waals surface area contributed by atoms with Gasteiger partial charge in [0.05, 0.1) is 29.5 Å². The van der Waals surface area contributed by atoms with Crippen LogP contribution in [0.3, 0.4) is 0 Å². The fourth-order valence-electron chi connectivity index (χ4n) is 4.32. The number of nitrogens with zero attached hydrogens (tertiary/aromatic N) is 3. The Morgan fingerprint density at radius 2 is 1.97 bits per heavy atom. The number of amidine groups is 1. The average Bonchev–Trinajstić information content (AvgIpc) is 3.18. The number of amides is 2. The smallest absolute Gasteiger partial charge is 0.273 e. The fraction of sp³-hybridized carbons (Fsp3) is 0.296. The lowest BCUT2D eigenvalue weighted by molar-refractivity contribution is -0.384. The number of hydrogen-bond acceptors (Lipinski definition) is 7. The van der Waals surface area contributed by atoms with Crippen LogP contribution < -0.4 is 10.1 Å². The quantitative estimate of drug-likeness (QED) is 0.277. The number of rotatable bonds is 9. The summed E-state index contributed by atoms with van der Waals surface area (Å²) in [7, 11) is 1.37. The highest BCUT2D eigenvalue weighted by atomic mass is 32.2. The molecule has 1 fully saturated rings. The van der Waals surface area contributed by atoms with Crippen LogP contribution in [-0.4, -0.2) is 45.2 Å². The number of carbonyl (C=O) groups is 2. The molecule has 3 aromatic carbocycles. The van der Waals surface area contributed by atoms with Crippen molar-refractivity contribution in [2.24, 2.45) is 4.99 Å². The van der Waals surface area contributed by atoms with Gasteiger partial charge in [0.15, 0.2) is 5.17 Å². The lowest BCUT2D eigenvalue weighted by Crippen LogP contribution is -2.40. The lowest BCUT2D eigenvalue weighted by Gasteiger charge is -2.24. The number of non-ortho nitro benzene ring substituents is 1. The fourth-order valence-corrected chi connectivity index (χ4v) is 5.56. The van der Waals surface area contributed by atoms with Gasteiger partial charge in [-0.2, -0.15) is 0 Å². The van der Waals surface area contributed by atoms with Crippen LogP contribution in [0.25, 0.3) is 10.8 Å². The first-order valence-electron chi connectivity index (χ1n) is 12.0. The Bertz CT molecular complexity index is 1370. The van der Waals surface area contributed by atoms with Gasteiger partial charge in [0.2, 0.25) is 11.8 Å². The maximum Gasteiger partial charge on any atom is 0.273 e. The zero-order chi connectivity index (χ0) is 26.5. The SMILES string of the molecule is CCC[C@@H](C)N1C(=O)[C@@H](CC(=O)Nc2ccc([N+](=O)[O-])cc2OC)SC1=Nc1cccc2ccccc12. The Kier molecular flexibility index (Phi) is 8.08. The van der Waals surface area contributed by atoms with Gasteiger partial charge < -0.3 is 10.1 Å². The number of carbonyl (C=O) groups excluding carboxylic acids is 2. The van der Waals surface area contributed by atoms with Crippen LogP contribution in [0.4, 0.5) is 17.1 Å². The van der Waals surface area contributed by atoms with Gasteiger partial charge >= 0.3 is 0 Å². The van der Waals surface area contributed by atoms with E-state index in [2.05, 4.69) is 12.2 Å². The van der Waals surface area contributed by atoms with E-state index in [9.17, 15) is 19.7 Å². The van der Waals surface area contributed by atoms with Crippen molar-refractivity contribution in [3.63, 3.8) is 0 Å². The molecule has 0 bridgehead atoms. The summed E-state index contributed by atoms with van der Waals surface area (Å²) < 4.78 is 5.20. The largest absolute Gasteiger partial charge is 0.494 e. The van der Waals surface area contributed by atoms with Crippen molar-refractivity contribution in [2.75, 3.05) is 12.4 Å². The van der Waals surface area contributed by atoms with Gasteiger partial charge in [0, 0.05) is 23.9 Å². The molecule has 3 aromatic rings. The van der Waals surface area contributed by atoms with E-state index in [4.69, 9.17) is 9.73 Å². The molecule has 1 saturated heterocycles. The third-order valence-electron chi connectivity index (χ3n) is 6.14. The molecule has 9 nitrogen and oxygen atoms in total. The molecule has 2 amide bonds. The van der Waals surface area contributed by atoms with E-state index >= 15 is 0 Å². The first-order chi connectivity index (χ1) is 17.8. The first-order valence-corrected chi connectivity index (χ1v) is 12.9. The summed E-state index contributed by atoms with van der Waals surface area (Å²) in [5.41, 5.74) is 0.920. The molecule has 37 heavy (non-hydrogen) atoms. The highest BCUT2D eigenvalue weighted by molar-refractivity contribution is 8.15. The normalized spacial score (nSPS) is 17.3.